The molecule has 1 saturated carbocycles. The van der Waals surface area contributed by atoms with Crippen molar-refractivity contribution in [2.45, 2.75) is 45.4 Å². The van der Waals surface area contributed by atoms with Crippen molar-refractivity contribution < 1.29 is 0 Å². The molecule has 0 bridgehead atoms. The fourth-order valence-corrected chi connectivity index (χ4v) is 1.42. The molecule has 0 atom stereocenters. The summed E-state index contributed by atoms with van der Waals surface area (Å²) in [7, 11) is 0. The zero-order valence-electron chi connectivity index (χ0n) is 8.39. The Hall–Kier alpha value is -0.0800. The number of rotatable bonds is 2. The molecule has 0 aromatic carbocycles. The Balaban J connectivity index is 0.000000261. The number of nitrogens with two attached hydrogens (primary N) is 2. The minimum Gasteiger partial charge on any atom is -0.330 e. The third-order valence-electron chi connectivity index (χ3n) is 2.35. The first kappa shape index (κ1) is 11.9. The molecule has 2 heteroatoms. The van der Waals surface area contributed by atoms with Gasteiger partial charge in [0.1, 0.15) is 0 Å². The van der Waals surface area contributed by atoms with E-state index in [-0.39, 0.29) is 0 Å². The molecule has 0 aromatic heterocycles. The lowest BCUT2D eigenvalue weighted by atomic mass is 9.90. The molecule has 1 fully saturated rings. The predicted octanol–water partition coefficient (Wildman–Crippen LogP) is 1.88. The van der Waals surface area contributed by atoms with E-state index in [1.54, 1.807) is 0 Å². The normalized spacial score (nSPS) is 18.2. The molecule has 0 heterocycles. The van der Waals surface area contributed by atoms with E-state index in [1.807, 2.05) is 0 Å². The van der Waals surface area contributed by atoms with E-state index in [0.717, 1.165) is 25.4 Å². The third-order valence-corrected chi connectivity index (χ3v) is 2.35. The lowest BCUT2D eigenvalue weighted by Crippen LogP contribution is -2.16. The van der Waals surface area contributed by atoms with Gasteiger partial charge in [-0.3, -0.25) is 0 Å². The van der Waals surface area contributed by atoms with Crippen molar-refractivity contribution in [2.75, 3.05) is 13.1 Å². The Kier molecular flexibility index (Phi) is 8.95. The smallest absolute Gasteiger partial charge is 0.00489 e. The van der Waals surface area contributed by atoms with Gasteiger partial charge in [-0.05, 0) is 38.3 Å². The van der Waals surface area contributed by atoms with Crippen LogP contribution in [0.1, 0.15) is 45.4 Å². The maximum atomic E-state index is 5.50. The van der Waals surface area contributed by atoms with Crippen LogP contribution in [0.15, 0.2) is 0 Å². The molecule has 1 aliphatic rings. The average molecular weight is 172 g/mol. The molecule has 74 valence electrons. The topological polar surface area (TPSA) is 52.0 Å². The summed E-state index contributed by atoms with van der Waals surface area (Å²) in [6.07, 6.45) is 8.15. The Morgan fingerprint density at radius 2 is 1.58 bits per heavy atom. The quantitative estimate of drug-likeness (QED) is 0.668. The first-order chi connectivity index (χ1) is 5.85. The van der Waals surface area contributed by atoms with Crippen LogP contribution in [0.3, 0.4) is 0 Å². The number of hydrogen-bond acceptors (Lipinski definition) is 2. The van der Waals surface area contributed by atoms with Crippen LogP contribution in [0, 0.1) is 5.92 Å². The van der Waals surface area contributed by atoms with Crippen molar-refractivity contribution >= 4 is 0 Å². The first-order valence-electron chi connectivity index (χ1n) is 5.25. The second-order valence-corrected chi connectivity index (χ2v) is 3.53. The van der Waals surface area contributed by atoms with E-state index in [4.69, 9.17) is 11.5 Å². The van der Waals surface area contributed by atoms with E-state index in [2.05, 4.69) is 6.92 Å². The van der Waals surface area contributed by atoms with Crippen LogP contribution in [0.4, 0.5) is 0 Å². The highest BCUT2D eigenvalue weighted by atomic mass is 14.5. The monoisotopic (exact) mass is 172 g/mol. The van der Waals surface area contributed by atoms with Crippen LogP contribution in [0.2, 0.25) is 0 Å². The summed E-state index contributed by atoms with van der Waals surface area (Å²) in [5.74, 6) is 0.865. The average Bonchev–Trinajstić information content (AvgIpc) is 2.19. The van der Waals surface area contributed by atoms with Gasteiger partial charge in [0.2, 0.25) is 0 Å². The van der Waals surface area contributed by atoms with Crippen molar-refractivity contribution in [3.05, 3.63) is 0 Å². The molecular formula is C10H24N2. The predicted molar refractivity (Wildman–Crippen MR) is 55.0 cm³/mol. The zero-order valence-corrected chi connectivity index (χ0v) is 8.39. The van der Waals surface area contributed by atoms with Crippen LogP contribution in [-0.2, 0) is 0 Å². The Morgan fingerprint density at radius 3 is 1.83 bits per heavy atom. The van der Waals surface area contributed by atoms with Crippen molar-refractivity contribution in [3.8, 4) is 0 Å². The molecular weight excluding hydrogens is 148 g/mol. The van der Waals surface area contributed by atoms with Gasteiger partial charge >= 0.3 is 0 Å². The van der Waals surface area contributed by atoms with Gasteiger partial charge in [0, 0.05) is 0 Å². The van der Waals surface area contributed by atoms with Crippen molar-refractivity contribution in [1.82, 2.24) is 0 Å². The van der Waals surface area contributed by atoms with Crippen molar-refractivity contribution in [2.24, 2.45) is 17.4 Å². The SMILES string of the molecule is CCCN.NCC1CCCCC1. The first-order valence-corrected chi connectivity index (χ1v) is 5.25. The van der Waals surface area contributed by atoms with Gasteiger partial charge in [0.25, 0.3) is 0 Å². The maximum absolute atomic E-state index is 5.50. The molecule has 1 rings (SSSR count). The summed E-state index contributed by atoms with van der Waals surface area (Å²) < 4.78 is 0. The lowest BCUT2D eigenvalue weighted by Gasteiger charge is -2.18. The molecule has 1 aliphatic carbocycles. The highest BCUT2D eigenvalue weighted by molar-refractivity contribution is 4.65. The second kappa shape index (κ2) is 9.01. The molecule has 4 N–H and O–H groups in total. The molecule has 0 aliphatic heterocycles. The fourth-order valence-electron chi connectivity index (χ4n) is 1.42. The van der Waals surface area contributed by atoms with Gasteiger partial charge in [0.05, 0.1) is 0 Å². The van der Waals surface area contributed by atoms with E-state index in [9.17, 15) is 0 Å². The maximum Gasteiger partial charge on any atom is -0.00489 e. The molecule has 0 unspecified atom stereocenters. The molecule has 2 nitrogen and oxygen atoms in total. The molecule has 0 amide bonds. The van der Waals surface area contributed by atoms with Crippen LogP contribution >= 0.6 is 0 Å². The highest BCUT2D eigenvalue weighted by Gasteiger charge is 2.09. The minimum atomic E-state index is 0.819. The summed E-state index contributed by atoms with van der Waals surface area (Å²) >= 11 is 0. The van der Waals surface area contributed by atoms with Crippen LogP contribution < -0.4 is 11.5 Å². The second-order valence-electron chi connectivity index (χ2n) is 3.53. The summed E-state index contributed by atoms with van der Waals surface area (Å²) in [6.45, 7) is 3.79. The summed E-state index contributed by atoms with van der Waals surface area (Å²) in [5, 5.41) is 0. The van der Waals surface area contributed by atoms with E-state index in [1.165, 1.54) is 32.1 Å². The Morgan fingerprint density at radius 1 is 1.08 bits per heavy atom. The van der Waals surface area contributed by atoms with Crippen molar-refractivity contribution in [1.29, 1.82) is 0 Å². The van der Waals surface area contributed by atoms with Gasteiger partial charge < -0.3 is 11.5 Å². The van der Waals surface area contributed by atoms with Gasteiger partial charge in [-0.2, -0.15) is 0 Å². The third kappa shape index (κ3) is 6.62. The zero-order chi connectivity index (χ0) is 9.23. The largest absolute Gasteiger partial charge is 0.330 e. The Bertz CT molecular complexity index is 75.9. The summed E-state index contributed by atoms with van der Waals surface area (Å²) in [6, 6.07) is 0. The summed E-state index contributed by atoms with van der Waals surface area (Å²) in [5.41, 5.74) is 10.5. The van der Waals surface area contributed by atoms with Crippen LogP contribution in [-0.4, -0.2) is 13.1 Å². The molecule has 0 aromatic rings. The van der Waals surface area contributed by atoms with E-state index < -0.39 is 0 Å². The van der Waals surface area contributed by atoms with Crippen molar-refractivity contribution in [3.63, 3.8) is 0 Å². The highest BCUT2D eigenvalue weighted by Crippen LogP contribution is 2.21. The fraction of sp³-hybridized carbons (Fsp3) is 1.00. The number of hydrogen-bond donors (Lipinski definition) is 2. The van der Waals surface area contributed by atoms with Gasteiger partial charge in [-0.15, -0.1) is 0 Å². The molecule has 0 spiro atoms. The summed E-state index contributed by atoms with van der Waals surface area (Å²) in [4.78, 5) is 0. The standard InChI is InChI=1S/C7H15N.C3H9N/c8-6-7-4-2-1-3-5-7;1-2-3-4/h7H,1-6,8H2;2-4H2,1H3. The van der Waals surface area contributed by atoms with Crippen LogP contribution in [0.25, 0.3) is 0 Å². The van der Waals surface area contributed by atoms with E-state index >= 15 is 0 Å². The lowest BCUT2D eigenvalue weighted by molar-refractivity contribution is 0.366. The van der Waals surface area contributed by atoms with Crippen LogP contribution in [0.5, 0.6) is 0 Å². The molecule has 0 saturated heterocycles. The molecule has 12 heavy (non-hydrogen) atoms. The van der Waals surface area contributed by atoms with Gasteiger partial charge in [-0.25, -0.2) is 0 Å². The minimum absolute atomic E-state index is 0.819. The van der Waals surface area contributed by atoms with E-state index in [0.29, 0.717) is 0 Å². The Labute approximate surface area is 76.7 Å². The van der Waals surface area contributed by atoms with Gasteiger partial charge in [-0.1, -0.05) is 26.2 Å². The molecule has 0 radical (unpaired) electrons. The van der Waals surface area contributed by atoms with Gasteiger partial charge in [0.15, 0.2) is 0 Å².